The van der Waals surface area contributed by atoms with E-state index in [1.807, 2.05) is 18.5 Å². The average Bonchev–Trinajstić information content (AvgIpc) is 2.37. The zero-order valence-corrected chi connectivity index (χ0v) is 11.5. The van der Waals surface area contributed by atoms with E-state index in [4.69, 9.17) is 4.74 Å². The van der Waals surface area contributed by atoms with E-state index < -0.39 is 0 Å². The van der Waals surface area contributed by atoms with Gasteiger partial charge in [0.25, 0.3) is 0 Å². The number of hydrogen-bond donors (Lipinski definition) is 0. The number of nitrogens with zero attached hydrogens (tertiary/aromatic N) is 2. The average molecular weight is 309 g/mol. The first-order valence-corrected chi connectivity index (χ1v) is 7.12. The lowest BCUT2D eigenvalue weighted by molar-refractivity contribution is 0.286. The van der Waals surface area contributed by atoms with E-state index in [0.29, 0.717) is 12.5 Å². The van der Waals surface area contributed by atoms with Crippen LogP contribution in [-0.4, -0.2) is 16.2 Å². The minimum atomic E-state index is 0.562. The fraction of sp³-hybridized carbons (Fsp3) is 0.167. The second-order valence-corrected chi connectivity index (χ2v) is 5.35. The van der Waals surface area contributed by atoms with Crippen molar-refractivity contribution >= 4 is 27.7 Å². The van der Waals surface area contributed by atoms with Gasteiger partial charge in [-0.1, -0.05) is 33.8 Å². The van der Waals surface area contributed by atoms with Gasteiger partial charge in [0.05, 0.1) is 5.56 Å². The Morgan fingerprint density at radius 3 is 3.06 bits per heavy atom. The number of ether oxygens (including phenoxy) is 1. The van der Waals surface area contributed by atoms with Crippen LogP contribution >= 0.6 is 27.7 Å². The van der Waals surface area contributed by atoms with Crippen LogP contribution in [0.4, 0.5) is 0 Å². The summed E-state index contributed by atoms with van der Waals surface area (Å²) in [4.78, 5) is 8.66. The molecule has 3 rings (SSSR count). The summed E-state index contributed by atoms with van der Waals surface area (Å²) in [6, 6.07) is 6.17. The molecule has 17 heavy (non-hydrogen) atoms. The molecule has 0 aliphatic carbocycles. The molecule has 0 N–H and O–H groups in total. The maximum Gasteiger partial charge on any atom is 0.225 e. The van der Waals surface area contributed by atoms with E-state index in [9.17, 15) is 0 Å². The molecule has 1 aromatic heterocycles. The highest BCUT2D eigenvalue weighted by Crippen LogP contribution is 2.37. The van der Waals surface area contributed by atoms with Gasteiger partial charge < -0.3 is 4.74 Å². The third-order valence-corrected chi connectivity index (χ3v) is 3.69. The van der Waals surface area contributed by atoms with Gasteiger partial charge in [-0.3, -0.25) is 0 Å². The predicted octanol–water partition coefficient (Wildman–Crippen LogP) is 3.52. The van der Waals surface area contributed by atoms with Gasteiger partial charge in [0.2, 0.25) is 5.88 Å². The minimum absolute atomic E-state index is 0.562. The first-order chi connectivity index (χ1) is 8.28. The second-order valence-electron chi connectivity index (χ2n) is 3.67. The standard InChI is InChI=1S/C12H9BrN2OS/c1-17-12-14-5-10-9-3-2-8(13)4-7(9)6-16-11(10)15-12/h2-5H,6H2,1H3. The van der Waals surface area contributed by atoms with Crippen LogP contribution in [0.25, 0.3) is 11.1 Å². The Bertz CT molecular complexity index is 589. The van der Waals surface area contributed by atoms with Gasteiger partial charge in [-0.05, 0) is 29.5 Å². The molecule has 0 bridgehead atoms. The van der Waals surface area contributed by atoms with E-state index in [-0.39, 0.29) is 0 Å². The summed E-state index contributed by atoms with van der Waals surface area (Å²) in [5, 5.41) is 0.740. The minimum Gasteiger partial charge on any atom is -0.472 e. The van der Waals surface area contributed by atoms with E-state index in [1.54, 1.807) is 0 Å². The molecule has 5 heteroatoms. The highest BCUT2D eigenvalue weighted by Gasteiger charge is 2.19. The van der Waals surface area contributed by atoms with Crippen LogP contribution in [-0.2, 0) is 6.61 Å². The molecule has 0 fully saturated rings. The molecule has 0 spiro atoms. The summed E-state index contributed by atoms with van der Waals surface area (Å²) in [6.07, 6.45) is 3.79. The monoisotopic (exact) mass is 308 g/mol. The van der Waals surface area contributed by atoms with E-state index in [2.05, 4.69) is 38.0 Å². The summed E-state index contributed by atoms with van der Waals surface area (Å²) in [5.74, 6) is 0.680. The van der Waals surface area contributed by atoms with Crippen molar-refractivity contribution in [1.29, 1.82) is 0 Å². The lowest BCUT2D eigenvalue weighted by atomic mass is 10.0. The number of aromatic nitrogens is 2. The molecule has 2 aromatic rings. The summed E-state index contributed by atoms with van der Waals surface area (Å²) < 4.78 is 6.72. The molecule has 1 aliphatic rings. The zero-order chi connectivity index (χ0) is 11.8. The predicted molar refractivity (Wildman–Crippen MR) is 71.3 cm³/mol. The fourth-order valence-electron chi connectivity index (χ4n) is 1.83. The topological polar surface area (TPSA) is 35.0 Å². The Balaban J connectivity index is 2.16. The third-order valence-electron chi connectivity index (χ3n) is 2.64. The zero-order valence-electron chi connectivity index (χ0n) is 9.11. The molecule has 2 heterocycles. The molecule has 3 nitrogen and oxygen atoms in total. The van der Waals surface area contributed by atoms with Crippen LogP contribution < -0.4 is 4.74 Å². The summed E-state index contributed by atoms with van der Waals surface area (Å²) in [7, 11) is 0. The second kappa shape index (κ2) is 4.31. The van der Waals surface area contributed by atoms with Crippen molar-refractivity contribution < 1.29 is 4.74 Å². The maximum atomic E-state index is 5.66. The van der Waals surface area contributed by atoms with Crippen LogP contribution in [0.15, 0.2) is 34.0 Å². The van der Waals surface area contributed by atoms with E-state index in [1.165, 1.54) is 11.8 Å². The SMILES string of the molecule is CSc1ncc2c(n1)OCc1cc(Br)ccc1-2. The smallest absolute Gasteiger partial charge is 0.225 e. The van der Waals surface area contributed by atoms with Crippen LogP contribution in [0.1, 0.15) is 5.56 Å². The highest BCUT2D eigenvalue weighted by atomic mass is 79.9. The molecule has 0 atom stereocenters. The molecule has 0 unspecified atom stereocenters. The Hall–Kier alpha value is -1.07. The van der Waals surface area contributed by atoms with E-state index in [0.717, 1.165) is 26.3 Å². The van der Waals surface area contributed by atoms with Crippen molar-refractivity contribution in [2.45, 2.75) is 11.8 Å². The number of thioether (sulfide) groups is 1. The quantitative estimate of drug-likeness (QED) is 0.596. The van der Waals surface area contributed by atoms with Crippen molar-refractivity contribution in [1.82, 2.24) is 9.97 Å². The molecular weight excluding hydrogens is 300 g/mol. The van der Waals surface area contributed by atoms with Crippen LogP contribution in [0, 0.1) is 0 Å². The van der Waals surface area contributed by atoms with Gasteiger partial charge in [-0.2, -0.15) is 4.98 Å². The highest BCUT2D eigenvalue weighted by molar-refractivity contribution is 9.10. The summed E-state index contributed by atoms with van der Waals surface area (Å²) in [6.45, 7) is 0.562. The fourth-order valence-corrected chi connectivity index (χ4v) is 2.58. The third kappa shape index (κ3) is 1.93. The largest absolute Gasteiger partial charge is 0.472 e. The van der Waals surface area contributed by atoms with Gasteiger partial charge >= 0.3 is 0 Å². The van der Waals surface area contributed by atoms with Crippen LogP contribution in [0.3, 0.4) is 0 Å². The van der Waals surface area contributed by atoms with Crippen LogP contribution in [0.5, 0.6) is 5.88 Å². The van der Waals surface area contributed by atoms with Gasteiger partial charge in [0.15, 0.2) is 5.16 Å². The molecule has 1 aliphatic heterocycles. The van der Waals surface area contributed by atoms with Gasteiger partial charge in [0, 0.05) is 10.7 Å². The van der Waals surface area contributed by atoms with Gasteiger partial charge in [0.1, 0.15) is 6.61 Å². The summed E-state index contributed by atoms with van der Waals surface area (Å²) >= 11 is 4.98. The number of benzene rings is 1. The molecular formula is C12H9BrN2OS. The first kappa shape index (κ1) is 11.0. The van der Waals surface area contributed by atoms with Gasteiger partial charge in [-0.25, -0.2) is 4.98 Å². The Labute approximate surface area is 112 Å². The van der Waals surface area contributed by atoms with Crippen molar-refractivity contribution in [3.63, 3.8) is 0 Å². The van der Waals surface area contributed by atoms with E-state index >= 15 is 0 Å². The molecule has 1 aromatic carbocycles. The Morgan fingerprint density at radius 1 is 1.35 bits per heavy atom. The molecule has 86 valence electrons. The van der Waals surface area contributed by atoms with Gasteiger partial charge in [-0.15, -0.1) is 0 Å². The number of fused-ring (bicyclic) bond motifs is 3. The molecule has 0 radical (unpaired) electrons. The maximum absolute atomic E-state index is 5.66. The van der Waals surface area contributed by atoms with Crippen molar-refractivity contribution in [2.75, 3.05) is 6.26 Å². The lowest BCUT2D eigenvalue weighted by Crippen LogP contribution is -2.08. The van der Waals surface area contributed by atoms with Crippen molar-refractivity contribution in [3.05, 3.63) is 34.4 Å². The number of halogens is 1. The summed E-state index contributed by atoms with van der Waals surface area (Å²) in [5.41, 5.74) is 3.28. The van der Waals surface area contributed by atoms with Crippen molar-refractivity contribution in [2.24, 2.45) is 0 Å². The molecule has 0 saturated heterocycles. The first-order valence-electron chi connectivity index (χ1n) is 5.10. The molecule has 0 amide bonds. The number of rotatable bonds is 1. The number of hydrogen-bond acceptors (Lipinski definition) is 4. The van der Waals surface area contributed by atoms with Crippen LogP contribution in [0.2, 0.25) is 0 Å². The molecule has 0 saturated carbocycles. The Morgan fingerprint density at radius 2 is 2.24 bits per heavy atom. The lowest BCUT2D eigenvalue weighted by Gasteiger charge is -2.19. The Kier molecular flexibility index (Phi) is 2.80. The normalized spacial score (nSPS) is 12.6. The van der Waals surface area contributed by atoms with Crippen molar-refractivity contribution in [3.8, 4) is 17.0 Å².